The van der Waals surface area contributed by atoms with E-state index < -0.39 is 0 Å². The predicted octanol–water partition coefficient (Wildman–Crippen LogP) is 1.64. The highest BCUT2D eigenvalue weighted by Gasteiger charge is 2.22. The number of rotatable bonds is 2. The van der Waals surface area contributed by atoms with Crippen LogP contribution in [0.2, 0.25) is 0 Å². The van der Waals surface area contributed by atoms with Gasteiger partial charge >= 0.3 is 0 Å². The fraction of sp³-hybridized carbons (Fsp3) is 0.385. The van der Waals surface area contributed by atoms with Gasteiger partial charge in [-0.15, -0.1) is 0 Å². The van der Waals surface area contributed by atoms with Gasteiger partial charge in [0.05, 0.1) is 11.4 Å². The Labute approximate surface area is 109 Å². The second kappa shape index (κ2) is 4.97. The van der Waals surface area contributed by atoms with Gasteiger partial charge in [-0.05, 0) is 37.6 Å². The first kappa shape index (κ1) is 12.1. The number of aromatic nitrogens is 2. The summed E-state index contributed by atoms with van der Waals surface area (Å²) in [5.74, 6) is -0.0623. The van der Waals surface area contributed by atoms with Gasteiger partial charge in [0.2, 0.25) is 5.91 Å². The van der Waals surface area contributed by atoms with Crippen LogP contribution in [0.5, 0.6) is 0 Å². The molecule has 1 aromatic carbocycles. The first-order valence-electron chi connectivity index (χ1n) is 6.39. The Morgan fingerprint density at radius 2 is 2.37 bits per heavy atom. The first-order chi connectivity index (χ1) is 9.24. The number of fused-ring (bicyclic) bond motifs is 1. The summed E-state index contributed by atoms with van der Waals surface area (Å²) in [4.78, 5) is 12.1. The van der Waals surface area contributed by atoms with E-state index in [0.29, 0.717) is 23.3 Å². The molecule has 2 heterocycles. The molecular weight excluding hydrogens is 247 g/mol. The van der Waals surface area contributed by atoms with Gasteiger partial charge in [-0.3, -0.25) is 9.89 Å². The van der Waals surface area contributed by atoms with Crippen molar-refractivity contribution >= 4 is 22.6 Å². The maximum atomic E-state index is 13.2. The van der Waals surface area contributed by atoms with Crippen LogP contribution in [0.3, 0.4) is 0 Å². The molecule has 1 unspecified atom stereocenters. The van der Waals surface area contributed by atoms with Crippen LogP contribution in [-0.2, 0) is 4.79 Å². The second-order valence-corrected chi connectivity index (χ2v) is 4.79. The predicted molar refractivity (Wildman–Crippen MR) is 70.3 cm³/mol. The number of amides is 1. The highest BCUT2D eigenvalue weighted by atomic mass is 19.1. The minimum Gasteiger partial charge on any atom is -0.316 e. The number of carbonyl (C=O) groups excluding carboxylic acids is 1. The van der Waals surface area contributed by atoms with Crippen molar-refractivity contribution in [2.24, 2.45) is 5.92 Å². The molecule has 3 rings (SSSR count). The molecule has 19 heavy (non-hydrogen) atoms. The summed E-state index contributed by atoms with van der Waals surface area (Å²) < 4.78 is 13.2. The number of nitrogens with one attached hydrogen (secondary N) is 3. The van der Waals surface area contributed by atoms with E-state index in [1.54, 1.807) is 6.07 Å². The smallest absolute Gasteiger partial charge is 0.229 e. The Kier molecular flexibility index (Phi) is 3.16. The summed E-state index contributed by atoms with van der Waals surface area (Å²) in [6, 6.07) is 4.33. The lowest BCUT2D eigenvalue weighted by Gasteiger charge is -2.21. The van der Waals surface area contributed by atoms with E-state index in [4.69, 9.17) is 0 Å². The zero-order valence-corrected chi connectivity index (χ0v) is 10.4. The monoisotopic (exact) mass is 262 g/mol. The Balaban J connectivity index is 1.80. The maximum absolute atomic E-state index is 13.2. The van der Waals surface area contributed by atoms with E-state index in [1.807, 2.05) is 0 Å². The van der Waals surface area contributed by atoms with Gasteiger partial charge in [-0.25, -0.2) is 4.39 Å². The van der Waals surface area contributed by atoms with Crippen LogP contribution in [0.15, 0.2) is 18.2 Å². The third-order valence-corrected chi connectivity index (χ3v) is 3.43. The average molecular weight is 262 g/mol. The molecule has 5 nitrogen and oxygen atoms in total. The molecule has 1 aromatic heterocycles. The number of halogens is 1. The fourth-order valence-corrected chi connectivity index (χ4v) is 2.38. The molecule has 0 bridgehead atoms. The molecule has 0 spiro atoms. The van der Waals surface area contributed by atoms with E-state index in [-0.39, 0.29) is 17.6 Å². The number of H-pyrrole nitrogens is 1. The topological polar surface area (TPSA) is 69.8 Å². The Hall–Kier alpha value is -1.95. The third-order valence-electron chi connectivity index (χ3n) is 3.43. The molecule has 1 atom stereocenters. The van der Waals surface area contributed by atoms with Crippen molar-refractivity contribution < 1.29 is 9.18 Å². The number of hydrogen-bond acceptors (Lipinski definition) is 3. The summed E-state index contributed by atoms with van der Waals surface area (Å²) in [5, 5.41) is 13.4. The Morgan fingerprint density at radius 3 is 3.16 bits per heavy atom. The number of anilines is 1. The lowest BCUT2D eigenvalue weighted by Crippen LogP contribution is -2.37. The summed E-state index contributed by atoms with van der Waals surface area (Å²) in [5.41, 5.74) is 0.707. The zero-order valence-electron chi connectivity index (χ0n) is 10.4. The summed E-state index contributed by atoms with van der Waals surface area (Å²) in [6.45, 7) is 1.64. The zero-order chi connectivity index (χ0) is 13.2. The number of benzene rings is 1. The van der Waals surface area contributed by atoms with E-state index in [1.165, 1.54) is 12.1 Å². The number of piperidine rings is 1. The Bertz CT molecular complexity index is 604. The molecular formula is C13H15FN4O. The quantitative estimate of drug-likeness (QED) is 0.770. The molecule has 2 aromatic rings. The number of nitrogens with zero attached hydrogens (tertiary/aromatic N) is 1. The standard InChI is InChI=1S/C13H15FN4O/c14-9-3-4-11-10(6-9)12(18-17-11)16-13(19)8-2-1-5-15-7-8/h3-4,6,8,15H,1-2,5,7H2,(H2,16,17,18,19). The lowest BCUT2D eigenvalue weighted by molar-refractivity contribution is -0.120. The largest absolute Gasteiger partial charge is 0.316 e. The molecule has 6 heteroatoms. The van der Waals surface area contributed by atoms with Crippen LogP contribution >= 0.6 is 0 Å². The van der Waals surface area contributed by atoms with Crippen LogP contribution in [0.4, 0.5) is 10.2 Å². The number of carbonyl (C=O) groups is 1. The minimum absolute atomic E-state index is 0.0472. The summed E-state index contributed by atoms with van der Waals surface area (Å²) in [7, 11) is 0. The fourth-order valence-electron chi connectivity index (χ4n) is 2.38. The van der Waals surface area contributed by atoms with Gasteiger partial charge in [0.1, 0.15) is 5.82 Å². The van der Waals surface area contributed by atoms with Crippen molar-refractivity contribution in [3.8, 4) is 0 Å². The van der Waals surface area contributed by atoms with Gasteiger partial charge in [0.25, 0.3) is 0 Å². The van der Waals surface area contributed by atoms with E-state index in [0.717, 1.165) is 19.4 Å². The molecule has 100 valence electrons. The molecule has 0 radical (unpaired) electrons. The SMILES string of the molecule is O=C(Nc1n[nH]c2ccc(F)cc12)C1CCCNC1. The maximum Gasteiger partial charge on any atom is 0.229 e. The van der Waals surface area contributed by atoms with Crippen molar-refractivity contribution in [2.45, 2.75) is 12.8 Å². The van der Waals surface area contributed by atoms with Gasteiger partial charge < -0.3 is 10.6 Å². The van der Waals surface area contributed by atoms with Crippen molar-refractivity contribution in [2.75, 3.05) is 18.4 Å². The molecule has 0 saturated carbocycles. The second-order valence-electron chi connectivity index (χ2n) is 4.79. The molecule has 1 aliphatic heterocycles. The first-order valence-corrected chi connectivity index (χ1v) is 6.39. The minimum atomic E-state index is -0.344. The average Bonchev–Trinajstić information content (AvgIpc) is 2.82. The van der Waals surface area contributed by atoms with Gasteiger partial charge in [-0.2, -0.15) is 5.10 Å². The van der Waals surface area contributed by atoms with Crippen LogP contribution in [0.25, 0.3) is 10.9 Å². The number of hydrogen-bond donors (Lipinski definition) is 3. The van der Waals surface area contributed by atoms with Crippen LogP contribution in [-0.4, -0.2) is 29.2 Å². The molecule has 1 amide bonds. The highest BCUT2D eigenvalue weighted by Crippen LogP contribution is 2.22. The third kappa shape index (κ3) is 2.44. The molecule has 1 fully saturated rings. The highest BCUT2D eigenvalue weighted by molar-refractivity contribution is 6.00. The normalized spacial score (nSPS) is 19.5. The lowest BCUT2D eigenvalue weighted by atomic mass is 9.99. The van der Waals surface area contributed by atoms with Crippen LogP contribution in [0.1, 0.15) is 12.8 Å². The molecule has 3 N–H and O–H groups in total. The van der Waals surface area contributed by atoms with Crippen molar-refractivity contribution in [1.29, 1.82) is 0 Å². The van der Waals surface area contributed by atoms with Crippen molar-refractivity contribution in [3.63, 3.8) is 0 Å². The number of aromatic amines is 1. The van der Waals surface area contributed by atoms with Crippen LogP contribution in [0, 0.1) is 11.7 Å². The van der Waals surface area contributed by atoms with Gasteiger partial charge in [0.15, 0.2) is 5.82 Å². The van der Waals surface area contributed by atoms with Crippen molar-refractivity contribution in [1.82, 2.24) is 15.5 Å². The van der Waals surface area contributed by atoms with E-state index in [9.17, 15) is 9.18 Å². The summed E-state index contributed by atoms with van der Waals surface area (Å²) >= 11 is 0. The van der Waals surface area contributed by atoms with Crippen LogP contribution < -0.4 is 10.6 Å². The molecule has 0 aliphatic carbocycles. The Morgan fingerprint density at radius 1 is 1.47 bits per heavy atom. The molecule has 1 aliphatic rings. The summed E-state index contributed by atoms with van der Waals surface area (Å²) in [6.07, 6.45) is 1.86. The van der Waals surface area contributed by atoms with Gasteiger partial charge in [-0.1, -0.05) is 0 Å². The van der Waals surface area contributed by atoms with E-state index in [2.05, 4.69) is 20.8 Å². The van der Waals surface area contributed by atoms with Gasteiger partial charge in [0, 0.05) is 11.9 Å². The van der Waals surface area contributed by atoms with Crippen molar-refractivity contribution in [3.05, 3.63) is 24.0 Å². The van der Waals surface area contributed by atoms with E-state index >= 15 is 0 Å². The molecule has 1 saturated heterocycles.